The molecular weight excluding hydrogens is 196 g/mol. The number of rotatable bonds is 6. The first kappa shape index (κ1) is 12.1. The van der Waals surface area contributed by atoms with Crippen LogP contribution in [0.1, 0.15) is 37.4 Å². The summed E-state index contributed by atoms with van der Waals surface area (Å²) in [6.45, 7) is 0.636. The number of hydrogen-bond donors (Lipinski definition) is 1. The van der Waals surface area contributed by atoms with Crippen LogP contribution in [0.25, 0.3) is 0 Å². The van der Waals surface area contributed by atoms with Crippen molar-refractivity contribution in [1.29, 1.82) is 0 Å². The predicted octanol–water partition coefficient (Wildman–Crippen LogP) is 3.36. The van der Waals surface area contributed by atoms with Crippen molar-refractivity contribution < 1.29 is 8.78 Å². The van der Waals surface area contributed by atoms with Crippen LogP contribution in [0.15, 0.2) is 24.3 Å². The molecule has 0 aromatic heterocycles. The van der Waals surface area contributed by atoms with Crippen LogP contribution in [0.5, 0.6) is 0 Å². The zero-order valence-electron chi connectivity index (χ0n) is 8.76. The fourth-order valence-electron chi connectivity index (χ4n) is 1.53. The molecule has 0 saturated carbocycles. The van der Waals surface area contributed by atoms with Crippen LogP contribution >= 0.6 is 0 Å². The number of hydrogen-bond acceptors (Lipinski definition) is 1. The maximum absolute atomic E-state index is 13.6. The van der Waals surface area contributed by atoms with Crippen LogP contribution in [0.2, 0.25) is 0 Å². The van der Waals surface area contributed by atoms with Gasteiger partial charge in [0.15, 0.2) is 0 Å². The van der Waals surface area contributed by atoms with Gasteiger partial charge >= 0.3 is 0 Å². The lowest BCUT2D eigenvalue weighted by Crippen LogP contribution is -1.99. The van der Waals surface area contributed by atoms with Crippen molar-refractivity contribution in [3.8, 4) is 0 Å². The molecule has 1 aromatic carbocycles. The average molecular weight is 213 g/mol. The first-order valence-corrected chi connectivity index (χ1v) is 5.34. The molecule has 84 valence electrons. The Balaban J connectivity index is 2.40. The summed E-state index contributed by atoms with van der Waals surface area (Å²) in [6, 6.07) is 6.02. The Morgan fingerprint density at radius 1 is 1.13 bits per heavy atom. The summed E-state index contributed by atoms with van der Waals surface area (Å²) in [6.07, 6.45) is 1.76. The highest BCUT2D eigenvalue weighted by Gasteiger charge is 2.13. The molecule has 0 spiro atoms. The minimum Gasteiger partial charge on any atom is -0.330 e. The maximum atomic E-state index is 13.6. The van der Waals surface area contributed by atoms with Gasteiger partial charge in [-0.2, -0.15) is 0 Å². The van der Waals surface area contributed by atoms with Gasteiger partial charge in [-0.05, 0) is 25.5 Å². The Hall–Kier alpha value is -0.960. The van der Waals surface area contributed by atoms with Crippen LogP contribution in [0.3, 0.4) is 0 Å². The van der Waals surface area contributed by atoms with Crippen LogP contribution in [-0.4, -0.2) is 6.54 Å². The lowest BCUT2D eigenvalue weighted by molar-refractivity contribution is 0.304. The van der Waals surface area contributed by atoms with Gasteiger partial charge in [-0.1, -0.05) is 31.0 Å². The van der Waals surface area contributed by atoms with Gasteiger partial charge in [-0.25, -0.2) is 8.78 Å². The number of halogens is 2. The smallest absolute Gasteiger partial charge is 0.129 e. The number of alkyl halides is 1. The van der Waals surface area contributed by atoms with Crippen molar-refractivity contribution in [2.24, 2.45) is 5.73 Å². The van der Waals surface area contributed by atoms with Crippen molar-refractivity contribution in [3.05, 3.63) is 35.6 Å². The van der Waals surface area contributed by atoms with Crippen molar-refractivity contribution in [2.75, 3.05) is 6.54 Å². The molecule has 0 radical (unpaired) electrons. The Morgan fingerprint density at radius 3 is 2.53 bits per heavy atom. The van der Waals surface area contributed by atoms with Crippen LogP contribution < -0.4 is 5.73 Å². The SMILES string of the molecule is NCCCCCC(F)c1ccccc1F. The van der Waals surface area contributed by atoms with Gasteiger partial charge in [-0.3, -0.25) is 0 Å². The van der Waals surface area contributed by atoms with E-state index in [1.165, 1.54) is 12.1 Å². The molecule has 0 bridgehead atoms. The van der Waals surface area contributed by atoms with Crippen molar-refractivity contribution in [2.45, 2.75) is 31.9 Å². The Kier molecular flexibility index (Phi) is 5.26. The molecule has 0 saturated heterocycles. The van der Waals surface area contributed by atoms with E-state index in [1.54, 1.807) is 12.1 Å². The quantitative estimate of drug-likeness (QED) is 0.720. The lowest BCUT2D eigenvalue weighted by atomic mass is 10.0. The number of unbranched alkanes of at least 4 members (excludes halogenated alkanes) is 2. The van der Waals surface area contributed by atoms with Gasteiger partial charge in [0.05, 0.1) is 0 Å². The minimum absolute atomic E-state index is 0.172. The molecule has 1 rings (SSSR count). The van der Waals surface area contributed by atoms with Crippen LogP contribution in [0.4, 0.5) is 8.78 Å². The van der Waals surface area contributed by atoms with E-state index in [4.69, 9.17) is 5.73 Å². The monoisotopic (exact) mass is 213 g/mol. The molecule has 3 heteroatoms. The number of nitrogens with two attached hydrogens (primary N) is 1. The van der Waals surface area contributed by atoms with E-state index >= 15 is 0 Å². The highest BCUT2D eigenvalue weighted by Crippen LogP contribution is 2.25. The predicted molar refractivity (Wildman–Crippen MR) is 57.8 cm³/mol. The van der Waals surface area contributed by atoms with Crippen molar-refractivity contribution in [1.82, 2.24) is 0 Å². The Bertz CT molecular complexity index is 289. The third-order valence-corrected chi connectivity index (χ3v) is 2.40. The van der Waals surface area contributed by atoms with E-state index in [1.807, 2.05) is 0 Å². The summed E-state index contributed by atoms with van der Waals surface area (Å²) in [5.74, 6) is -0.455. The van der Waals surface area contributed by atoms with Gasteiger partial charge in [0.1, 0.15) is 12.0 Å². The largest absolute Gasteiger partial charge is 0.330 e. The zero-order chi connectivity index (χ0) is 11.1. The van der Waals surface area contributed by atoms with E-state index < -0.39 is 12.0 Å². The molecule has 1 nitrogen and oxygen atoms in total. The normalized spacial score (nSPS) is 12.7. The summed E-state index contributed by atoms with van der Waals surface area (Å²) in [4.78, 5) is 0. The maximum Gasteiger partial charge on any atom is 0.129 e. The third-order valence-electron chi connectivity index (χ3n) is 2.40. The third kappa shape index (κ3) is 3.96. The van der Waals surface area contributed by atoms with E-state index in [9.17, 15) is 8.78 Å². The van der Waals surface area contributed by atoms with E-state index in [2.05, 4.69) is 0 Å². The van der Waals surface area contributed by atoms with Crippen LogP contribution in [0, 0.1) is 5.82 Å². The molecule has 0 aliphatic rings. The summed E-state index contributed by atoms with van der Waals surface area (Å²) >= 11 is 0. The Labute approximate surface area is 89.3 Å². The molecule has 0 heterocycles. The molecule has 0 aliphatic heterocycles. The highest BCUT2D eigenvalue weighted by molar-refractivity contribution is 5.19. The van der Waals surface area contributed by atoms with Crippen LogP contribution in [-0.2, 0) is 0 Å². The molecule has 1 atom stereocenters. The van der Waals surface area contributed by atoms with Gasteiger partial charge in [-0.15, -0.1) is 0 Å². The van der Waals surface area contributed by atoms with Crippen molar-refractivity contribution in [3.63, 3.8) is 0 Å². The van der Waals surface area contributed by atoms with Gasteiger partial charge in [0.2, 0.25) is 0 Å². The lowest BCUT2D eigenvalue weighted by Gasteiger charge is -2.08. The first-order chi connectivity index (χ1) is 7.25. The first-order valence-electron chi connectivity index (χ1n) is 5.34. The van der Waals surface area contributed by atoms with Gasteiger partial charge in [0, 0.05) is 5.56 Å². The van der Waals surface area contributed by atoms with E-state index in [0.29, 0.717) is 13.0 Å². The molecular formula is C12H17F2N. The summed E-state index contributed by atoms with van der Waals surface area (Å²) < 4.78 is 26.7. The van der Waals surface area contributed by atoms with Gasteiger partial charge in [0.25, 0.3) is 0 Å². The second-order valence-electron chi connectivity index (χ2n) is 3.63. The summed E-state index contributed by atoms with van der Waals surface area (Å²) in [5, 5.41) is 0. The molecule has 0 aliphatic carbocycles. The van der Waals surface area contributed by atoms with Crippen molar-refractivity contribution >= 4 is 0 Å². The van der Waals surface area contributed by atoms with E-state index in [-0.39, 0.29) is 5.56 Å². The topological polar surface area (TPSA) is 26.0 Å². The van der Waals surface area contributed by atoms with E-state index in [0.717, 1.165) is 19.3 Å². The molecule has 2 N–H and O–H groups in total. The standard InChI is InChI=1S/C12H17F2N/c13-11(7-2-1-5-9-15)10-6-3-4-8-12(10)14/h3-4,6,8,11H,1-2,5,7,9,15H2. The molecule has 1 unspecified atom stereocenters. The fraction of sp³-hybridized carbons (Fsp3) is 0.500. The summed E-state index contributed by atoms with van der Waals surface area (Å²) in [5.41, 5.74) is 5.50. The molecule has 15 heavy (non-hydrogen) atoms. The number of benzene rings is 1. The highest BCUT2D eigenvalue weighted by atomic mass is 19.1. The molecule has 1 aromatic rings. The Morgan fingerprint density at radius 2 is 1.87 bits per heavy atom. The molecule has 0 amide bonds. The minimum atomic E-state index is -1.19. The molecule has 0 fully saturated rings. The average Bonchev–Trinajstić information content (AvgIpc) is 2.25. The summed E-state index contributed by atoms with van der Waals surface area (Å²) in [7, 11) is 0. The second kappa shape index (κ2) is 6.51. The zero-order valence-corrected chi connectivity index (χ0v) is 8.76. The fourth-order valence-corrected chi connectivity index (χ4v) is 1.53. The second-order valence-corrected chi connectivity index (χ2v) is 3.63. The van der Waals surface area contributed by atoms with Gasteiger partial charge < -0.3 is 5.73 Å².